The molecule has 0 aliphatic carbocycles. The fourth-order valence-electron chi connectivity index (χ4n) is 1.59. The van der Waals surface area contributed by atoms with Gasteiger partial charge in [0.25, 0.3) is 5.76 Å². The van der Waals surface area contributed by atoms with E-state index >= 15 is 0 Å². The Balaban J connectivity index is 2.33. The smallest absolute Gasteiger partial charge is 0.337 e. The molecule has 0 unspecified atom stereocenters. The molecule has 4 nitrogen and oxygen atoms in total. The number of hydrogen-bond acceptors (Lipinski definition) is 4. The van der Waals surface area contributed by atoms with Crippen molar-refractivity contribution in [3.8, 4) is 0 Å². The van der Waals surface area contributed by atoms with Crippen molar-refractivity contribution in [1.82, 2.24) is 4.98 Å². The molecule has 104 valence electrons. The number of carboxylic acid groups (broad SMARTS) is 1. The molecule has 2 N–H and O–H groups in total. The average Bonchev–Trinajstić information content (AvgIpc) is 2.41. The van der Waals surface area contributed by atoms with E-state index in [1.54, 1.807) is 18.2 Å². The Labute approximate surface area is 117 Å². The molecule has 0 radical (unpaired) electrons. The van der Waals surface area contributed by atoms with E-state index in [0.717, 1.165) is 0 Å². The number of carbonyl (C=O) groups is 1. The molecule has 0 aliphatic rings. The van der Waals surface area contributed by atoms with Gasteiger partial charge in [0.05, 0.1) is 23.1 Å². The lowest BCUT2D eigenvalue weighted by Crippen LogP contribution is -2.03. The van der Waals surface area contributed by atoms with E-state index < -0.39 is 11.7 Å². The number of pyridine rings is 1. The number of alkyl halides is 2. The second kappa shape index (κ2) is 6.33. The fraction of sp³-hybridized carbons (Fsp3) is 0.0769. The summed E-state index contributed by atoms with van der Waals surface area (Å²) < 4.78 is 25.0. The number of para-hydroxylation sites is 1. The second-order valence-corrected chi connectivity index (χ2v) is 4.76. The van der Waals surface area contributed by atoms with Gasteiger partial charge in [-0.1, -0.05) is 23.9 Å². The van der Waals surface area contributed by atoms with Crippen LogP contribution in [0.3, 0.4) is 0 Å². The first kappa shape index (κ1) is 14.3. The maximum Gasteiger partial charge on any atom is 0.337 e. The molecule has 1 aromatic heterocycles. The topological polar surface area (TPSA) is 62.2 Å². The lowest BCUT2D eigenvalue weighted by Gasteiger charge is -2.12. The Morgan fingerprint density at radius 1 is 1.25 bits per heavy atom. The van der Waals surface area contributed by atoms with E-state index in [9.17, 15) is 13.6 Å². The number of aromatic carboxylic acids is 1. The Morgan fingerprint density at radius 2 is 2.00 bits per heavy atom. The van der Waals surface area contributed by atoms with Crippen LogP contribution >= 0.6 is 11.8 Å². The van der Waals surface area contributed by atoms with Crippen molar-refractivity contribution >= 4 is 29.1 Å². The Hall–Kier alpha value is -2.15. The van der Waals surface area contributed by atoms with Crippen molar-refractivity contribution in [2.75, 3.05) is 5.32 Å². The summed E-state index contributed by atoms with van der Waals surface area (Å²) in [4.78, 5) is 15.3. The summed E-state index contributed by atoms with van der Waals surface area (Å²) in [6.07, 6.45) is 2.70. The third kappa shape index (κ3) is 3.45. The van der Waals surface area contributed by atoms with Crippen LogP contribution < -0.4 is 5.32 Å². The van der Waals surface area contributed by atoms with Crippen molar-refractivity contribution < 1.29 is 18.7 Å². The molecule has 0 saturated heterocycles. The van der Waals surface area contributed by atoms with Gasteiger partial charge < -0.3 is 10.4 Å². The molecule has 0 aliphatic heterocycles. The van der Waals surface area contributed by atoms with E-state index in [-0.39, 0.29) is 11.3 Å². The van der Waals surface area contributed by atoms with Gasteiger partial charge in [0.2, 0.25) is 0 Å². The third-order valence-corrected chi connectivity index (χ3v) is 3.21. The van der Waals surface area contributed by atoms with Crippen LogP contribution in [0, 0.1) is 0 Å². The molecular formula is C13H10F2N2O2S. The number of nitrogens with one attached hydrogen (secondary N) is 1. The van der Waals surface area contributed by atoms with E-state index in [2.05, 4.69) is 10.3 Å². The van der Waals surface area contributed by atoms with E-state index in [0.29, 0.717) is 22.3 Å². The van der Waals surface area contributed by atoms with Crippen LogP contribution in [0.2, 0.25) is 0 Å². The Bertz CT molecular complexity index is 623. The number of anilines is 2. The highest BCUT2D eigenvalue weighted by Gasteiger charge is 2.13. The summed E-state index contributed by atoms with van der Waals surface area (Å²) in [5.41, 5.74) is 0.687. The van der Waals surface area contributed by atoms with Gasteiger partial charge in [0.1, 0.15) is 0 Å². The largest absolute Gasteiger partial charge is 0.478 e. The minimum absolute atomic E-state index is 0.0249. The molecule has 2 rings (SSSR count). The van der Waals surface area contributed by atoms with Crippen LogP contribution in [0.15, 0.2) is 47.6 Å². The standard InChI is InChI=1S/C13H10F2N2O2S/c14-13(15)20-11-4-2-1-3-9(11)17-10-7-16-6-5-8(10)12(18)19/h1-7,13,17H,(H,18,19). The molecule has 0 fully saturated rings. The first-order valence-electron chi connectivity index (χ1n) is 5.56. The van der Waals surface area contributed by atoms with Crippen LogP contribution in [-0.4, -0.2) is 21.8 Å². The molecule has 0 spiro atoms. The quantitative estimate of drug-likeness (QED) is 0.821. The number of rotatable bonds is 5. The van der Waals surface area contributed by atoms with E-state index in [1.165, 1.54) is 24.5 Å². The summed E-state index contributed by atoms with van der Waals surface area (Å²) in [6.45, 7) is 0. The summed E-state index contributed by atoms with van der Waals surface area (Å²) in [6, 6.07) is 7.79. The fourth-order valence-corrected chi connectivity index (χ4v) is 2.19. The van der Waals surface area contributed by atoms with Crippen molar-refractivity contribution in [3.63, 3.8) is 0 Å². The molecule has 0 atom stereocenters. The zero-order valence-corrected chi connectivity index (χ0v) is 10.9. The number of benzene rings is 1. The maximum absolute atomic E-state index is 12.5. The molecule has 1 heterocycles. The van der Waals surface area contributed by atoms with Gasteiger partial charge in [-0.25, -0.2) is 4.79 Å². The number of thioether (sulfide) groups is 1. The zero-order chi connectivity index (χ0) is 14.5. The van der Waals surface area contributed by atoms with Crippen LogP contribution in [0.25, 0.3) is 0 Å². The van der Waals surface area contributed by atoms with Gasteiger partial charge in [-0.15, -0.1) is 0 Å². The molecule has 20 heavy (non-hydrogen) atoms. The van der Waals surface area contributed by atoms with Crippen LogP contribution in [0.4, 0.5) is 20.2 Å². The molecule has 7 heteroatoms. The molecular weight excluding hydrogens is 286 g/mol. The van der Waals surface area contributed by atoms with Crippen molar-refractivity contribution in [2.45, 2.75) is 10.7 Å². The van der Waals surface area contributed by atoms with Gasteiger partial charge in [0, 0.05) is 11.1 Å². The molecule has 0 amide bonds. The zero-order valence-electron chi connectivity index (χ0n) is 10.1. The van der Waals surface area contributed by atoms with Crippen molar-refractivity contribution in [2.24, 2.45) is 0 Å². The number of aromatic nitrogens is 1. The monoisotopic (exact) mass is 296 g/mol. The second-order valence-electron chi connectivity index (χ2n) is 3.73. The van der Waals surface area contributed by atoms with Crippen molar-refractivity contribution in [3.05, 3.63) is 48.3 Å². The molecule has 0 saturated carbocycles. The van der Waals surface area contributed by atoms with Gasteiger partial charge in [-0.2, -0.15) is 8.78 Å². The minimum Gasteiger partial charge on any atom is -0.478 e. The van der Waals surface area contributed by atoms with Crippen molar-refractivity contribution in [1.29, 1.82) is 0 Å². The summed E-state index contributed by atoms with van der Waals surface area (Å²) in [7, 11) is 0. The highest BCUT2D eigenvalue weighted by Crippen LogP contribution is 2.33. The SMILES string of the molecule is O=C(O)c1ccncc1Nc1ccccc1SC(F)F. The number of halogens is 2. The minimum atomic E-state index is -2.55. The normalized spacial score (nSPS) is 10.6. The summed E-state index contributed by atoms with van der Waals surface area (Å²) in [5, 5.41) is 11.9. The van der Waals surface area contributed by atoms with Gasteiger partial charge in [-0.3, -0.25) is 4.98 Å². The Kier molecular flexibility index (Phi) is 4.52. The molecule has 1 aromatic carbocycles. The number of carboxylic acids is 1. The first-order valence-corrected chi connectivity index (χ1v) is 6.44. The van der Waals surface area contributed by atoms with Gasteiger partial charge >= 0.3 is 5.97 Å². The van der Waals surface area contributed by atoms with Crippen LogP contribution in [0.1, 0.15) is 10.4 Å². The van der Waals surface area contributed by atoms with E-state index in [4.69, 9.17) is 5.11 Å². The summed E-state index contributed by atoms with van der Waals surface area (Å²) >= 11 is 0.395. The number of hydrogen-bond donors (Lipinski definition) is 2. The maximum atomic E-state index is 12.5. The van der Waals surface area contributed by atoms with Crippen LogP contribution in [-0.2, 0) is 0 Å². The lowest BCUT2D eigenvalue weighted by atomic mass is 10.2. The molecule has 2 aromatic rings. The highest BCUT2D eigenvalue weighted by molar-refractivity contribution is 7.99. The summed E-state index contributed by atoms with van der Waals surface area (Å²) in [5.74, 6) is -3.67. The number of nitrogens with zero attached hydrogens (tertiary/aromatic N) is 1. The first-order chi connectivity index (χ1) is 9.58. The predicted octanol–water partition coefficient (Wildman–Crippen LogP) is 3.84. The third-order valence-electron chi connectivity index (χ3n) is 2.42. The van der Waals surface area contributed by atoms with Crippen LogP contribution in [0.5, 0.6) is 0 Å². The Morgan fingerprint density at radius 3 is 2.70 bits per heavy atom. The van der Waals surface area contributed by atoms with E-state index in [1.807, 2.05) is 0 Å². The van der Waals surface area contributed by atoms with Gasteiger partial charge in [0.15, 0.2) is 0 Å². The highest BCUT2D eigenvalue weighted by atomic mass is 32.2. The lowest BCUT2D eigenvalue weighted by molar-refractivity contribution is 0.0698. The van der Waals surface area contributed by atoms with Gasteiger partial charge in [-0.05, 0) is 18.2 Å². The predicted molar refractivity (Wildman–Crippen MR) is 72.8 cm³/mol. The average molecular weight is 296 g/mol. The molecule has 0 bridgehead atoms.